The van der Waals surface area contributed by atoms with E-state index in [0.717, 1.165) is 30.3 Å². The van der Waals surface area contributed by atoms with Gasteiger partial charge < -0.3 is 15.0 Å². The van der Waals surface area contributed by atoms with Crippen LogP contribution in [0.2, 0.25) is 0 Å². The number of aromatic nitrogens is 1. The fourth-order valence-electron chi connectivity index (χ4n) is 3.40. The highest BCUT2D eigenvalue weighted by Crippen LogP contribution is 2.29. The van der Waals surface area contributed by atoms with Crippen LogP contribution in [0.3, 0.4) is 0 Å². The quantitative estimate of drug-likeness (QED) is 0.873. The first-order chi connectivity index (χ1) is 9.79. The third-order valence-electron chi connectivity index (χ3n) is 4.50. The molecule has 1 aliphatic carbocycles. The minimum absolute atomic E-state index is 0.745. The van der Waals surface area contributed by atoms with Gasteiger partial charge in [-0.15, -0.1) is 0 Å². The molecule has 0 atom stereocenters. The number of H-pyrrole nitrogens is 1. The first-order valence-electron chi connectivity index (χ1n) is 7.67. The molecular formula is C17H24N2O. The molecule has 1 aromatic carbocycles. The zero-order chi connectivity index (χ0) is 13.9. The van der Waals surface area contributed by atoms with Crippen LogP contribution in [0.1, 0.15) is 36.9 Å². The van der Waals surface area contributed by atoms with Crippen LogP contribution in [0.25, 0.3) is 10.9 Å². The first-order valence-corrected chi connectivity index (χ1v) is 7.67. The summed E-state index contributed by atoms with van der Waals surface area (Å²) in [6, 6.07) is 7.02. The van der Waals surface area contributed by atoms with E-state index in [2.05, 4.69) is 29.4 Å². The zero-order valence-corrected chi connectivity index (χ0v) is 12.5. The molecule has 0 amide bonds. The number of hydrogen-bond donors (Lipinski definition) is 2. The molecule has 1 aromatic heterocycles. The van der Waals surface area contributed by atoms with E-state index < -0.39 is 0 Å². The van der Waals surface area contributed by atoms with Gasteiger partial charge >= 0.3 is 0 Å². The lowest BCUT2D eigenvalue weighted by atomic mass is 10.1. The molecular weight excluding hydrogens is 248 g/mol. The van der Waals surface area contributed by atoms with Crippen molar-refractivity contribution in [2.24, 2.45) is 0 Å². The van der Waals surface area contributed by atoms with Gasteiger partial charge in [-0.2, -0.15) is 0 Å². The number of methoxy groups -OCH3 is 1. The molecule has 3 rings (SSSR count). The molecule has 3 nitrogen and oxygen atoms in total. The second kappa shape index (κ2) is 5.88. The van der Waals surface area contributed by atoms with Crippen molar-refractivity contribution in [2.45, 2.75) is 45.1 Å². The SMILES string of the molecule is COc1cccc2c(CCNC3CCCC3)c(C)[nH]c12. The Morgan fingerprint density at radius 1 is 1.30 bits per heavy atom. The maximum absolute atomic E-state index is 5.43. The van der Waals surface area contributed by atoms with Gasteiger partial charge in [-0.05, 0) is 44.4 Å². The topological polar surface area (TPSA) is 37.0 Å². The van der Waals surface area contributed by atoms with E-state index in [0.29, 0.717) is 0 Å². The highest BCUT2D eigenvalue weighted by molar-refractivity contribution is 5.89. The molecule has 108 valence electrons. The lowest BCUT2D eigenvalue weighted by Crippen LogP contribution is -2.28. The Morgan fingerprint density at radius 3 is 2.85 bits per heavy atom. The maximum Gasteiger partial charge on any atom is 0.142 e. The number of fused-ring (bicyclic) bond motifs is 1. The van der Waals surface area contributed by atoms with Crippen LogP contribution in [-0.2, 0) is 6.42 Å². The Bertz CT molecular complexity index is 582. The highest BCUT2D eigenvalue weighted by Gasteiger charge is 2.15. The van der Waals surface area contributed by atoms with Gasteiger partial charge in [-0.3, -0.25) is 0 Å². The molecule has 20 heavy (non-hydrogen) atoms. The summed E-state index contributed by atoms with van der Waals surface area (Å²) >= 11 is 0. The van der Waals surface area contributed by atoms with Crippen molar-refractivity contribution in [3.63, 3.8) is 0 Å². The number of nitrogens with one attached hydrogen (secondary N) is 2. The largest absolute Gasteiger partial charge is 0.495 e. The molecule has 1 saturated carbocycles. The summed E-state index contributed by atoms with van der Waals surface area (Å²) in [6.45, 7) is 3.22. The molecule has 0 spiro atoms. The van der Waals surface area contributed by atoms with Crippen LogP contribution in [0, 0.1) is 6.92 Å². The molecule has 0 bridgehead atoms. The van der Waals surface area contributed by atoms with Gasteiger partial charge in [-0.1, -0.05) is 25.0 Å². The number of aromatic amines is 1. The highest BCUT2D eigenvalue weighted by atomic mass is 16.5. The molecule has 0 unspecified atom stereocenters. The van der Waals surface area contributed by atoms with Crippen molar-refractivity contribution in [1.29, 1.82) is 0 Å². The Balaban J connectivity index is 1.75. The molecule has 1 heterocycles. The standard InChI is InChI=1S/C17H24N2O/c1-12-14(10-11-18-13-6-3-4-7-13)15-8-5-9-16(20-2)17(15)19-12/h5,8-9,13,18-19H,3-4,6-7,10-11H2,1-2H3. The summed E-state index contributed by atoms with van der Waals surface area (Å²) in [5, 5.41) is 5.00. The number of benzene rings is 1. The van der Waals surface area contributed by atoms with E-state index in [1.807, 2.05) is 6.07 Å². The van der Waals surface area contributed by atoms with Crippen molar-refractivity contribution < 1.29 is 4.74 Å². The molecule has 2 aromatic rings. The molecule has 1 fully saturated rings. The molecule has 0 aliphatic heterocycles. The normalized spacial score (nSPS) is 16.1. The van der Waals surface area contributed by atoms with Gasteiger partial charge in [0.15, 0.2) is 0 Å². The monoisotopic (exact) mass is 272 g/mol. The Hall–Kier alpha value is -1.48. The minimum Gasteiger partial charge on any atom is -0.495 e. The number of aryl methyl sites for hydroxylation is 1. The second-order valence-electron chi connectivity index (χ2n) is 5.80. The van der Waals surface area contributed by atoms with E-state index in [9.17, 15) is 0 Å². The number of ether oxygens (including phenoxy) is 1. The van der Waals surface area contributed by atoms with Crippen LogP contribution in [0.15, 0.2) is 18.2 Å². The predicted octanol–water partition coefficient (Wildman–Crippen LogP) is 3.56. The van der Waals surface area contributed by atoms with Crippen LogP contribution in [-0.4, -0.2) is 24.7 Å². The van der Waals surface area contributed by atoms with Gasteiger partial charge in [-0.25, -0.2) is 0 Å². The minimum atomic E-state index is 0.745. The van der Waals surface area contributed by atoms with Gasteiger partial charge in [0.05, 0.1) is 12.6 Å². The van der Waals surface area contributed by atoms with Crippen molar-refractivity contribution in [2.75, 3.05) is 13.7 Å². The summed E-state index contributed by atoms with van der Waals surface area (Å²) in [5.41, 5.74) is 3.81. The fraction of sp³-hybridized carbons (Fsp3) is 0.529. The van der Waals surface area contributed by atoms with E-state index in [1.54, 1.807) is 7.11 Å². The molecule has 0 saturated heterocycles. The smallest absolute Gasteiger partial charge is 0.142 e. The summed E-state index contributed by atoms with van der Waals surface area (Å²) in [6.07, 6.45) is 6.55. The maximum atomic E-state index is 5.43. The van der Waals surface area contributed by atoms with E-state index in [-0.39, 0.29) is 0 Å². The third-order valence-corrected chi connectivity index (χ3v) is 4.50. The Morgan fingerprint density at radius 2 is 2.10 bits per heavy atom. The fourth-order valence-corrected chi connectivity index (χ4v) is 3.40. The third kappa shape index (κ3) is 2.55. The lowest BCUT2D eigenvalue weighted by Gasteiger charge is -2.11. The van der Waals surface area contributed by atoms with Crippen molar-refractivity contribution in [1.82, 2.24) is 10.3 Å². The summed E-state index contributed by atoms with van der Waals surface area (Å²) < 4.78 is 5.43. The van der Waals surface area contributed by atoms with Gasteiger partial charge in [0.25, 0.3) is 0 Å². The average Bonchev–Trinajstić information content (AvgIpc) is 3.07. The van der Waals surface area contributed by atoms with E-state index in [1.165, 1.54) is 42.3 Å². The van der Waals surface area contributed by atoms with Gasteiger partial charge in [0.2, 0.25) is 0 Å². The van der Waals surface area contributed by atoms with Gasteiger partial charge in [0, 0.05) is 17.1 Å². The molecule has 1 aliphatic rings. The molecule has 3 heteroatoms. The van der Waals surface area contributed by atoms with Crippen LogP contribution in [0.4, 0.5) is 0 Å². The molecule has 0 radical (unpaired) electrons. The van der Waals surface area contributed by atoms with Crippen LogP contribution in [0.5, 0.6) is 5.75 Å². The number of hydrogen-bond acceptors (Lipinski definition) is 2. The molecule has 2 N–H and O–H groups in total. The Kier molecular flexibility index (Phi) is 3.97. The van der Waals surface area contributed by atoms with Crippen molar-refractivity contribution >= 4 is 10.9 Å². The average molecular weight is 272 g/mol. The lowest BCUT2D eigenvalue weighted by molar-refractivity contribution is 0.419. The number of rotatable bonds is 5. The van der Waals surface area contributed by atoms with Crippen molar-refractivity contribution in [3.05, 3.63) is 29.5 Å². The summed E-state index contributed by atoms with van der Waals surface area (Å²) in [4.78, 5) is 3.47. The van der Waals surface area contributed by atoms with Crippen LogP contribution >= 0.6 is 0 Å². The Labute approximate surface area is 120 Å². The summed E-state index contributed by atoms with van der Waals surface area (Å²) in [7, 11) is 1.73. The predicted molar refractivity (Wildman–Crippen MR) is 83.6 cm³/mol. The van der Waals surface area contributed by atoms with E-state index in [4.69, 9.17) is 4.74 Å². The summed E-state index contributed by atoms with van der Waals surface area (Å²) in [5.74, 6) is 0.931. The van der Waals surface area contributed by atoms with Gasteiger partial charge in [0.1, 0.15) is 5.75 Å². The first kappa shape index (κ1) is 13.5. The van der Waals surface area contributed by atoms with E-state index >= 15 is 0 Å². The van der Waals surface area contributed by atoms with Crippen molar-refractivity contribution in [3.8, 4) is 5.75 Å². The second-order valence-corrected chi connectivity index (χ2v) is 5.80. The van der Waals surface area contributed by atoms with Crippen LogP contribution < -0.4 is 10.1 Å². The number of para-hydroxylation sites is 1. The zero-order valence-electron chi connectivity index (χ0n) is 12.5.